The maximum Gasteiger partial charge on any atom is 0.0591 e. The van der Waals surface area contributed by atoms with Gasteiger partial charge in [-0.15, -0.1) is 0 Å². The molecule has 2 rings (SSSR count). The molecule has 0 bridgehead atoms. The van der Waals surface area contributed by atoms with Crippen molar-refractivity contribution in [1.29, 1.82) is 0 Å². The zero-order valence-electron chi connectivity index (χ0n) is 9.63. The van der Waals surface area contributed by atoms with Gasteiger partial charge in [0.05, 0.1) is 26.4 Å². The fraction of sp³-hybridized carbons (Fsp3) is 1.00. The van der Waals surface area contributed by atoms with Crippen molar-refractivity contribution in [2.45, 2.75) is 6.92 Å². The topological polar surface area (TPSA) is 62.8 Å². The van der Waals surface area contributed by atoms with Gasteiger partial charge < -0.3 is 25.2 Å². The molecular formula is C10H24N2O3. The first kappa shape index (κ1) is 14.8. The molecule has 0 aromatic rings. The van der Waals surface area contributed by atoms with Gasteiger partial charge >= 0.3 is 0 Å². The molecule has 2 saturated heterocycles. The number of rotatable bonds is 0. The summed E-state index contributed by atoms with van der Waals surface area (Å²) in [5.74, 6) is 0. The summed E-state index contributed by atoms with van der Waals surface area (Å²) < 4.78 is 10.0. The number of aliphatic hydroxyl groups excluding tert-OH is 1. The predicted octanol–water partition coefficient (Wildman–Crippen LogP) is -0.789. The molecule has 3 N–H and O–H groups in total. The summed E-state index contributed by atoms with van der Waals surface area (Å²) in [5.41, 5.74) is 0. The number of aliphatic hydroxyl groups is 1. The normalized spacial score (nSPS) is 20.4. The van der Waals surface area contributed by atoms with Crippen LogP contribution in [0.15, 0.2) is 0 Å². The molecule has 2 heterocycles. The first-order chi connectivity index (χ1) is 7.41. The predicted molar refractivity (Wildman–Crippen MR) is 60.1 cm³/mol. The molecule has 5 heteroatoms. The third-order valence-electron chi connectivity index (χ3n) is 1.69. The number of nitrogens with one attached hydrogen (secondary N) is 2. The van der Waals surface area contributed by atoms with E-state index in [-0.39, 0.29) is 6.61 Å². The van der Waals surface area contributed by atoms with Crippen LogP contribution in [-0.2, 0) is 9.47 Å². The van der Waals surface area contributed by atoms with Crippen LogP contribution in [0.2, 0.25) is 0 Å². The first-order valence-corrected chi connectivity index (χ1v) is 5.59. The van der Waals surface area contributed by atoms with E-state index in [1.807, 2.05) is 0 Å². The lowest BCUT2D eigenvalue weighted by atomic mass is 10.5. The highest BCUT2D eigenvalue weighted by atomic mass is 16.5. The van der Waals surface area contributed by atoms with Crippen molar-refractivity contribution in [2.75, 3.05) is 59.2 Å². The number of morpholine rings is 2. The molecule has 2 aliphatic heterocycles. The molecule has 2 fully saturated rings. The van der Waals surface area contributed by atoms with E-state index in [1.165, 1.54) is 0 Å². The summed E-state index contributed by atoms with van der Waals surface area (Å²) in [6, 6.07) is 0. The zero-order valence-corrected chi connectivity index (χ0v) is 9.63. The molecule has 15 heavy (non-hydrogen) atoms. The van der Waals surface area contributed by atoms with E-state index in [1.54, 1.807) is 6.92 Å². The van der Waals surface area contributed by atoms with Gasteiger partial charge in [-0.1, -0.05) is 0 Å². The van der Waals surface area contributed by atoms with Gasteiger partial charge in [0, 0.05) is 32.8 Å². The average molecular weight is 220 g/mol. The van der Waals surface area contributed by atoms with E-state index in [9.17, 15) is 0 Å². The van der Waals surface area contributed by atoms with Crippen LogP contribution in [-0.4, -0.2) is 64.3 Å². The lowest BCUT2D eigenvalue weighted by molar-refractivity contribution is 0.109. The molecule has 2 aliphatic rings. The molecule has 0 spiro atoms. The second-order valence-electron chi connectivity index (χ2n) is 3.04. The molecule has 0 radical (unpaired) electrons. The Hall–Kier alpha value is -0.200. The summed E-state index contributed by atoms with van der Waals surface area (Å²) in [6.07, 6.45) is 0. The number of hydrogen-bond donors (Lipinski definition) is 3. The van der Waals surface area contributed by atoms with Crippen molar-refractivity contribution in [3.8, 4) is 0 Å². The van der Waals surface area contributed by atoms with Crippen LogP contribution in [0.25, 0.3) is 0 Å². The Morgan fingerprint density at radius 3 is 1.20 bits per heavy atom. The van der Waals surface area contributed by atoms with E-state index in [0.717, 1.165) is 52.6 Å². The summed E-state index contributed by atoms with van der Waals surface area (Å²) in [6.45, 7) is 9.60. The van der Waals surface area contributed by atoms with E-state index in [4.69, 9.17) is 14.6 Å². The lowest BCUT2D eigenvalue weighted by Gasteiger charge is -2.10. The van der Waals surface area contributed by atoms with Crippen molar-refractivity contribution >= 4 is 0 Å². The van der Waals surface area contributed by atoms with Gasteiger partial charge in [0.25, 0.3) is 0 Å². The van der Waals surface area contributed by atoms with Gasteiger partial charge in [-0.25, -0.2) is 0 Å². The second-order valence-corrected chi connectivity index (χ2v) is 3.04. The minimum atomic E-state index is 0.250. The van der Waals surface area contributed by atoms with E-state index in [0.29, 0.717) is 0 Å². The summed E-state index contributed by atoms with van der Waals surface area (Å²) in [5, 5.41) is 13.9. The minimum Gasteiger partial charge on any atom is -0.397 e. The van der Waals surface area contributed by atoms with Crippen LogP contribution in [0, 0.1) is 0 Å². The minimum absolute atomic E-state index is 0.250. The largest absolute Gasteiger partial charge is 0.397 e. The Morgan fingerprint density at radius 2 is 1.13 bits per heavy atom. The first-order valence-electron chi connectivity index (χ1n) is 5.59. The quantitative estimate of drug-likeness (QED) is 0.499. The van der Waals surface area contributed by atoms with Crippen LogP contribution in [0.3, 0.4) is 0 Å². The smallest absolute Gasteiger partial charge is 0.0591 e. The van der Waals surface area contributed by atoms with Crippen LogP contribution in [0.5, 0.6) is 0 Å². The van der Waals surface area contributed by atoms with E-state index in [2.05, 4.69) is 10.6 Å². The summed E-state index contributed by atoms with van der Waals surface area (Å²) in [7, 11) is 0. The Kier molecular flexibility index (Phi) is 13.6. The average Bonchev–Trinajstić information content (AvgIpc) is 2.35. The van der Waals surface area contributed by atoms with Crippen LogP contribution in [0.4, 0.5) is 0 Å². The third-order valence-corrected chi connectivity index (χ3v) is 1.69. The monoisotopic (exact) mass is 220 g/mol. The summed E-state index contributed by atoms with van der Waals surface area (Å²) in [4.78, 5) is 0. The Balaban J connectivity index is 0.000000210. The zero-order chi connectivity index (χ0) is 11.2. The Labute approximate surface area is 92.1 Å². The summed E-state index contributed by atoms with van der Waals surface area (Å²) >= 11 is 0. The number of hydrogen-bond acceptors (Lipinski definition) is 5. The molecular weight excluding hydrogens is 196 g/mol. The SMILES string of the molecule is C1COCCN1.C1COCCN1.CCO. The molecule has 0 atom stereocenters. The highest BCUT2D eigenvalue weighted by molar-refractivity contribution is 4.50. The van der Waals surface area contributed by atoms with Crippen LogP contribution in [0.1, 0.15) is 6.92 Å². The van der Waals surface area contributed by atoms with Gasteiger partial charge in [0.1, 0.15) is 0 Å². The highest BCUT2D eigenvalue weighted by Crippen LogP contribution is 1.77. The molecule has 0 aliphatic carbocycles. The van der Waals surface area contributed by atoms with Crippen molar-refractivity contribution in [1.82, 2.24) is 10.6 Å². The molecule has 5 nitrogen and oxygen atoms in total. The van der Waals surface area contributed by atoms with Gasteiger partial charge in [-0.3, -0.25) is 0 Å². The molecule has 0 saturated carbocycles. The highest BCUT2D eigenvalue weighted by Gasteiger charge is 1.93. The van der Waals surface area contributed by atoms with Crippen molar-refractivity contribution in [3.05, 3.63) is 0 Å². The number of ether oxygens (including phenoxy) is 2. The molecule has 0 aromatic heterocycles. The van der Waals surface area contributed by atoms with Crippen molar-refractivity contribution in [2.24, 2.45) is 0 Å². The Bertz CT molecular complexity index is 71.8. The van der Waals surface area contributed by atoms with Gasteiger partial charge in [0.15, 0.2) is 0 Å². The van der Waals surface area contributed by atoms with E-state index >= 15 is 0 Å². The van der Waals surface area contributed by atoms with Gasteiger partial charge in [0.2, 0.25) is 0 Å². The molecule has 0 amide bonds. The maximum atomic E-state index is 7.57. The third kappa shape index (κ3) is 13.8. The van der Waals surface area contributed by atoms with Crippen LogP contribution < -0.4 is 10.6 Å². The van der Waals surface area contributed by atoms with Gasteiger partial charge in [-0.2, -0.15) is 0 Å². The van der Waals surface area contributed by atoms with Crippen LogP contribution >= 0.6 is 0 Å². The van der Waals surface area contributed by atoms with E-state index < -0.39 is 0 Å². The lowest BCUT2D eigenvalue weighted by Crippen LogP contribution is -2.30. The maximum absolute atomic E-state index is 7.57. The van der Waals surface area contributed by atoms with Crippen molar-refractivity contribution in [3.63, 3.8) is 0 Å². The Morgan fingerprint density at radius 1 is 0.867 bits per heavy atom. The molecule has 0 aromatic carbocycles. The standard InChI is InChI=1S/2C4H9NO.C2H6O/c2*1-3-6-4-2-5-1;1-2-3/h2*5H,1-4H2;3H,2H2,1H3. The van der Waals surface area contributed by atoms with Crippen molar-refractivity contribution < 1.29 is 14.6 Å². The fourth-order valence-corrected chi connectivity index (χ4v) is 1.03. The second kappa shape index (κ2) is 13.8. The molecule has 0 unspecified atom stereocenters. The van der Waals surface area contributed by atoms with Gasteiger partial charge in [-0.05, 0) is 6.92 Å². The molecule has 92 valence electrons. The fourth-order valence-electron chi connectivity index (χ4n) is 1.03.